The molecule has 234 valence electrons. The smallest absolute Gasteiger partial charge is 0.407 e. The van der Waals surface area contributed by atoms with Crippen LogP contribution in [0.5, 0.6) is 0 Å². The lowest BCUT2D eigenvalue weighted by molar-refractivity contribution is -0.163. The van der Waals surface area contributed by atoms with Crippen molar-refractivity contribution in [2.24, 2.45) is 5.92 Å². The van der Waals surface area contributed by atoms with Crippen LogP contribution >= 0.6 is 0 Å². The van der Waals surface area contributed by atoms with Gasteiger partial charge in [-0.15, -0.1) is 0 Å². The minimum Gasteiger partial charge on any atom is -0.467 e. The molecule has 0 bridgehead atoms. The number of carbonyl (C=O) groups is 5. The Balaban J connectivity index is 2.19. The zero-order valence-electron chi connectivity index (χ0n) is 24.7. The van der Waals surface area contributed by atoms with Crippen molar-refractivity contribution < 1.29 is 47.0 Å². The molecule has 0 aromatic heterocycles. The van der Waals surface area contributed by atoms with E-state index in [1.54, 1.807) is 0 Å². The molecule has 3 amide bonds. The molecule has 0 spiro atoms. The average molecular weight is 598 g/mol. The fourth-order valence-corrected chi connectivity index (χ4v) is 4.81. The van der Waals surface area contributed by atoms with E-state index in [9.17, 15) is 32.8 Å². The number of methoxy groups -OCH3 is 1. The third-order valence-electron chi connectivity index (χ3n) is 7.05. The van der Waals surface area contributed by atoms with E-state index in [1.807, 2.05) is 13.8 Å². The summed E-state index contributed by atoms with van der Waals surface area (Å²) in [7, 11) is 1.08. The second kappa shape index (κ2) is 16.6. The molecule has 1 aliphatic heterocycles. The van der Waals surface area contributed by atoms with Crippen LogP contribution in [0.1, 0.15) is 65.4 Å². The largest absolute Gasteiger partial charge is 0.467 e. The quantitative estimate of drug-likeness (QED) is 0.246. The van der Waals surface area contributed by atoms with E-state index < -0.39 is 59.8 Å². The first-order valence-electron chi connectivity index (χ1n) is 14.1. The van der Waals surface area contributed by atoms with Gasteiger partial charge in [-0.1, -0.05) is 26.7 Å². The maximum Gasteiger partial charge on any atom is 0.407 e. The molecule has 2 rings (SSSR count). The van der Waals surface area contributed by atoms with Crippen molar-refractivity contribution in [3.8, 4) is 0 Å². The Morgan fingerprint density at radius 2 is 1.71 bits per heavy atom. The number of alkyl carbamates (subject to hydrolysis) is 1. The number of nitrogens with zero attached hydrogens (tertiary/aromatic N) is 1. The number of hydrogen-bond acceptors (Lipinski definition) is 8. The summed E-state index contributed by atoms with van der Waals surface area (Å²) in [5.41, 5.74) is 0.0594. The summed E-state index contributed by atoms with van der Waals surface area (Å²) in [5, 5.41) is 4.81. The van der Waals surface area contributed by atoms with Crippen LogP contribution < -0.4 is 10.6 Å². The molecule has 0 saturated carbocycles. The van der Waals surface area contributed by atoms with Gasteiger partial charge in [-0.25, -0.2) is 23.2 Å². The Kier molecular flexibility index (Phi) is 13.6. The molecule has 1 heterocycles. The van der Waals surface area contributed by atoms with Gasteiger partial charge in [-0.05, 0) is 49.8 Å². The van der Waals surface area contributed by atoms with Crippen LogP contribution in [0.4, 0.5) is 13.6 Å². The summed E-state index contributed by atoms with van der Waals surface area (Å²) in [6, 6.07) is -1.08. The normalized spacial score (nSPS) is 17.4. The molecule has 1 aromatic carbocycles. The van der Waals surface area contributed by atoms with Gasteiger partial charge in [0, 0.05) is 26.0 Å². The number of carbonyl (C=O) groups excluding carboxylic acids is 5. The minimum atomic E-state index is -1.50. The Morgan fingerprint density at radius 3 is 2.31 bits per heavy atom. The molecule has 13 heteroatoms. The predicted molar refractivity (Wildman–Crippen MR) is 147 cm³/mol. The molecule has 11 nitrogen and oxygen atoms in total. The summed E-state index contributed by atoms with van der Waals surface area (Å²) < 4.78 is 43.2. The molecule has 0 radical (unpaired) electrons. The first kappa shape index (κ1) is 34.4. The standard InChI is InChI=1S/C29H41F2N3O8/c1-6-8-17(2)10-12-41-29(39)32-23(15-20-13-21(30)16-22(31)14-20)26(36)33-25(28(38)40-5)18(3)42-27(37)24-9-7-11-34(24)19(4)35/h13-14,16-18,23-25H,6-12,15H2,1-5H3,(H,32,39)(H,33,36)/t17?,18-,23+,24?,25+/m1/s1. The van der Waals surface area contributed by atoms with Crippen LogP contribution in [0.2, 0.25) is 0 Å². The predicted octanol–water partition coefficient (Wildman–Crippen LogP) is 3.03. The van der Waals surface area contributed by atoms with Crippen molar-refractivity contribution in [3.63, 3.8) is 0 Å². The first-order chi connectivity index (χ1) is 19.9. The van der Waals surface area contributed by atoms with Crippen LogP contribution in [-0.2, 0) is 39.8 Å². The molecule has 0 aliphatic carbocycles. The van der Waals surface area contributed by atoms with Gasteiger partial charge < -0.3 is 29.7 Å². The van der Waals surface area contributed by atoms with Crippen molar-refractivity contribution in [3.05, 3.63) is 35.4 Å². The van der Waals surface area contributed by atoms with Gasteiger partial charge in [0.15, 0.2) is 6.04 Å². The third kappa shape index (κ3) is 10.6. The SMILES string of the molecule is CCCC(C)CCOC(=O)N[C@@H](Cc1cc(F)cc(F)c1)C(=O)N[C@H](C(=O)OC)[C@@H](C)OC(=O)C1CCCN1C(C)=O. The average Bonchev–Trinajstić information content (AvgIpc) is 3.41. The Morgan fingerprint density at radius 1 is 1.05 bits per heavy atom. The molecule has 1 aliphatic rings. The lowest BCUT2D eigenvalue weighted by Crippen LogP contribution is -2.56. The summed E-state index contributed by atoms with van der Waals surface area (Å²) >= 11 is 0. The summed E-state index contributed by atoms with van der Waals surface area (Å²) in [5.74, 6) is -4.35. The molecule has 2 N–H and O–H groups in total. The lowest BCUT2D eigenvalue weighted by Gasteiger charge is -2.28. The first-order valence-corrected chi connectivity index (χ1v) is 14.1. The minimum absolute atomic E-state index is 0.0594. The van der Waals surface area contributed by atoms with E-state index >= 15 is 0 Å². The van der Waals surface area contributed by atoms with Gasteiger partial charge in [0.1, 0.15) is 29.8 Å². The summed E-state index contributed by atoms with van der Waals surface area (Å²) in [4.78, 5) is 64.6. The number of amides is 3. The second-order valence-electron chi connectivity index (χ2n) is 10.5. The number of hydrogen-bond donors (Lipinski definition) is 2. The molecule has 5 atom stereocenters. The van der Waals surface area contributed by atoms with Gasteiger partial charge in [-0.2, -0.15) is 0 Å². The monoisotopic (exact) mass is 597 g/mol. The highest BCUT2D eigenvalue weighted by Gasteiger charge is 2.38. The number of esters is 2. The van der Waals surface area contributed by atoms with Crippen LogP contribution in [0.25, 0.3) is 0 Å². The topological polar surface area (TPSA) is 140 Å². The van der Waals surface area contributed by atoms with E-state index in [0.717, 1.165) is 32.1 Å². The van der Waals surface area contributed by atoms with Crippen LogP contribution in [0.3, 0.4) is 0 Å². The van der Waals surface area contributed by atoms with Gasteiger partial charge in [-0.3, -0.25) is 9.59 Å². The Labute approximate surface area is 244 Å². The molecular weight excluding hydrogens is 556 g/mol. The zero-order chi connectivity index (χ0) is 31.4. The lowest BCUT2D eigenvalue weighted by atomic mass is 10.0. The Bertz CT molecular complexity index is 1100. The van der Waals surface area contributed by atoms with E-state index in [1.165, 1.54) is 18.7 Å². The number of nitrogens with one attached hydrogen (secondary N) is 2. The maximum absolute atomic E-state index is 13.9. The van der Waals surface area contributed by atoms with Crippen molar-refractivity contribution in [1.82, 2.24) is 15.5 Å². The highest BCUT2D eigenvalue weighted by molar-refractivity contribution is 5.90. The van der Waals surface area contributed by atoms with E-state index in [0.29, 0.717) is 37.8 Å². The van der Waals surface area contributed by atoms with E-state index in [2.05, 4.69) is 10.6 Å². The number of rotatable bonds is 14. The van der Waals surface area contributed by atoms with Gasteiger partial charge in [0.2, 0.25) is 11.8 Å². The number of likely N-dealkylation sites (tertiary alicyclic amines) is 1. The van der Waals surface area contributed by atoms with Crippen molar-refractivity contribution in [1.29, 1.82) is 0 Å². The number of halogens is 2. The Hall–Kier alpha value is -3.77. The van der Waals surface area contributed by atoms with Crippen LogP contribution in [0.15, 0.2) is 18.2 Å². The second-order valence-corrected chi connectivity index (χ2v) is 10.5. The third-order valence-corrected chi connectivity index (χ3v) is 7.05. The molecule has 42 heavy (non-hydrogen) atoms. The van der Waals surface area contributed by atoms with Gasteiger partial charge in [0.05, 0.1) is 13.7 Å². The maximum atomic E-state index is 13.9. The van der Waals surface area contributed by atoms with Gasteiger partial charge in [0.25, 0.3) is 0 Å². The fourth-order valence-electron chi connectivity index (χ4n) is 4.81. The summed E-state index contributed by atoms with van der Waals surface area (Å²) in [6.45, 7) is 7.24. The number of benzene rings is 1. The van der Waals surface area contributed by atoms with Crippen molar-refractivity contribution >= 4 is 29.8 Å². The fraction of sp³-hybridized carbons (Fsp3) is 0.621. The molecule has 1 saturated heterocycles. The van der Waals surface area contributed by atoms with Crippen LogP contribution in [-0.4, -0.2) is 79.2 Å². The molecule has 1 aromatic rings. The zero-order valence-corrected chi connectivity index (χ0v) is 24.7. The molecular formula is C29H41F2N3O8. The van der Waals surface area contributed by atoms with E-state index in [-0.39, 0.29) is 24.5 Å². The van der Waals surface area contributed by atoms with Crippen LogP contribution in [0, 0.1) is 17.6 Å². The van der Waals surface area contributed by atoms with Gasteiger partial charge >= 0.3 is 18.0 Å². The van der Waals surface area contributed by atoms with Crippen molar-refractivity contribution in [2.45, 2.75) is 90.4 Å². The number of ether oxygens (including phenoxy) is 3. The summed E-state index contributed by atoms with van der Waals surface area (Å²) in [6.07, 6.45) is 1.000. The van der Waals surface area contributed by atoms with Crippen molar-refractivity contribution in [2.75, 3.05) is 20.3 Å². The highest BCUT2D eigenvalue weighted by Crippen LogP contribution is 2.20. The molecule has 1 fully saturated rings. The highest BCUT2D eigenvalue weighted by atomic mass is 19.1. The molecule has 2 unspecified atom stereocenters. The van der Waals surface area contributed by atoms with E-state index in [4.69, 9.17) is 14.2 Å².